The molecule has 0 N–H and O–H groups in total. The minimum Gasteiger partial charge on any atom is -0.365 e. The molecule has 1 saturated heterocycles. The summed E-state index contributed by atoms with van der Waals surface area (Å²) in [7, 11) is 0. The van der Waals surface area contributed by atoms with E-state index in [-0.39, 0.29) is 10.6 Å². The van der Waals surface area contributed by atoms with Crippen LogP contribution in [0, 0.1) is 10.1 Å². The van der Waals surface area contributed by atoms with Gasteiger partial charge in [0.1, 0.15) is 9.90 Å². The van der Waals surface area contributed by atoms with Gasteiger partial charge in [-0.2, -0.15) is 0 Å². The lowest BCUT2D eigenvalue weighted by Gasteiger charge is -2.27. The van der Waals surface area contributed by atoms with E-state index in [9.17, 15) is 14.9 Å². The molecular weight excluding hydrogens is 284 g/mol. The fourth-order valence-corrected chi connectivity index (χ4v) is 4.17. The Labute approximate surface area is 119 Å². The molecule has 0 unspecified atom stereocenters. The predicted molar refractivity (Wildman–Crippen MR) is 78.5 cm³/mol. The highest BCUT2D eigenvalue weighted by Crippen LogP contribution is 2.47. The zero-order chi connectivity index (χ0) is 13.8. The summed E-state index contributed by atoms with van der Waals surface area (Å²) < 4.78 is 0.530. The number of carbonyl (C=O) groups is 1. The number of thioether (sulfide) groups is 1. The van der Waals surface area contributed by atoms with Gasteiger partial charge in [-0.25, -0.2) is 0 Å². The third-order valence-electron chi connectivity index (χ3n) is 3.01. The Bertz CT molecular complexity index is 507. The SMILES string of the molecule is C=CSc1sc(C=O)c(N2CCCCC2)c1[N+](=O)[O-]. The van der Waals surface area contributed by atoms with Crippen molar-refractivity contribution in [1.82, 2.24) is 0 Å². The number of hydrogen-bond acceptors (Lipinski definition) is 6. The van der Waals surface area contributed by atoms with Crippen LogP contribution in [0.25, 0.3) is 0 Å². The summed E-state index contributed by atoms with van der Waals surface area (Å²) in [5.74, 6) is 0. The predicted octanol–water partition coefficient (Wildman–Crippen LogP) is 3.69. The van der Waals surface area contributed by atoms with Crippen LogP contribution < -0.4 is 4.90 Å². The second-order valence-electron chi connectivity index (χ2n) is 4.16. The van der Waals surface area contributed by atoms with Gasteiger partial charge in [0.05, 0.1) is 9.80 Å². The van der Waals surface area contributed by atoms with Crippen LogP contribution in [-0.2, 0) is 0 Å². The molecule has 1 aliphatic rings. The van der Waals surface area contributed by atoms with Crippen molar-refractivity contribution in [2.24, 2.45) is 0 Å². The Balaban J connectivity index is 2.51. The molecule has 1 fully saturated rings. The topological polar surface area (TPSA) is 63.5 Å². The minimum atomic E-state index is -0.390. The summed E-state index contributed by atoms with van der Waals surface area (Å²) in [6.07, 6.45) is 3.87. The average Bonchev–Trinajstić information content (AvgIpc) is 2.79. The van der Waals surface area contributed by atoms with E-state index < -0.39 is 0 Å². The second kappa shape index (κ2) is 6.21. The van der Waals surface area contributed by atoms with E-state index in [1.165, 1.54) is 23.1 Å². The first-order valence-corrected chi connectivity index (χ1v) is 7.67. The molecule has 102 valence electrons. The van der Waals surface area contributed by atoms with Gasteiger partial charge in [-0.15, -0.1) is 11.3 Å². The summed E-state index contributed by atoms with van der Waals surface area (Å²) in [5, 5.41) is 12.9. The molecule has 0 aliphatic carbocycles. The first-order chi connectivity index (χ1) is 9.19. The summed E-state index contributed by atoms with van der Waals surface area (Å²) in [6.45, 7) is 5.13. The molecular formula is C12H14N2O3S2. The molecule has 1 aliphatic heterocycles. The van der Waals surface area contributed by atoms with Gasteiger partial charge in [-0.05, 0) is 24.7 Å². The molecule has 7 heteroatoms. The Kier molecular flexibility index (Phi) is 4.60. The number of rotatable bonds is 5. The van der Waals surface area contributed by atoms with E-state index in [2.05, 4.69) is 6.58 Å². The van der Waals surface area contributed by atoms with Crippen LogP contribution in [0.2, 0.25) is 0 Å². The molecule has 0 aromatic carbocycles. The zero-order valence-electron chi connectivity index (χ0n) is 10.3. The van der Waals surface area contributed by atoms with Crippen molar-refractivity contribution < 1.29 is 9.72 Å². The lowest BCUT2D eigenvalue weighted by Crippen LogP contribution is -2.30. The zero-order valence-corrected chi connectivity index (χ0v) is 12.0. The maximum Gasteiger partial charge on any atom is 0.317 e. The molecule has 0 radical (unpaired) electrons. The smallest absolute Gasteiger partial charge is 0.317 e. The Hall–Kier alpha value is -1.34. The summed E-state index contributed by atoms with van der Waals surface area (Å²) in [5.41, 5.74) is 0.549. The van der Waals surface area contributed by atoms with E-state index in [0.29, 0.717) is 14.8 Å². The van der Waals surface area contributed by atoms with Crippen molar-refractivity contribution >= 4 is 40.8 Å². The van der Waals surface area contributed by atoms with Gasteiger partial charge in [0.15, 0.2) is 6.29 Å². The number of nitrogens with zero attached hydrogens (tertiary/aromatic N) is 2. The number of nitro groups is 1. The van der Waals surface area contributed by atoms with Crippen molar-refractivity contribution in [2.75, 3.05) is 18.0 Å². The first-order valence-electron chi connectivity index (χ1n) is 5.98. The number of thiophene rings is 1. The molecule has 0 spiro atoms. The van der Waals surface area contributed by atoms with Crippen LogP contribution in [-0.4, -0.2) is 24.3 Å². The molecule has 0 amide bonds. The van der Waals surface area contributed by atoms with Gasteiger partial charge in [0.2, 0.25) is 0 Å². The number of anilines is 1. The van der Waals surface area contributed by atoms with Crippen molar-refractivity contribution in [3.8, 4) is 0 Å². The minimum absolute atomic E-state index is 0.0545. The van der Waals surface area contributed by atoms with Gasteiger partial charge in [0.25, 0.3) is 0 Å². The molecule has 0 atom stereocenters. The van der Waals surface area contributed by atoms with Crippen LogP contribution in [0.3, 0.4) is 0 Å². The normalized spacial score (nSPS) is 15.3. The van der Waals surface area contributed by atoms with E-state index in [0.717, 1.165) is 38.6 Å². The number of aldehydes is 1. The maximum atomic E-state index is 11.3. The summed E-state index contributed by atoms with van der Waals surface area (Å²) in [4.78, 5) is 24.5. The molecule has 5 nitrogen and oxygen atoms in total. The number of carbonyl (C=O) groups excluding carboxylic acids is 1. The molecule has 2 heterocycles. The van der Waals surface area contributed by atoms with E-state index in [4.69, 9.17) is 0 Å². The highest BCUT2D eigenvalue weighted by Gasteiger charge is 2.31. The van der Waals surface area contributed by atoms with Gasteiger partial charge >= 0.3 is 5.69 Å². The Morgan fingerprint density at radius 2 is 2.05 bits per heavy atom. The molecule has 19 heavy (non-hydrogen) atoms. The molecule has 1 aromatic heterocycles. The lowest BCUT2D eigenvalue weighted by molar-refractivity contribution is -0.386. The van der Waals surface area contributed by atoms with Crippen LogP contribution in [0.1, 0.15) is 28.9 Å². The van der Waals surface area contributed by atoms with E-state index in [1.807, 2.05) is 4.90 Å². The largest absolute Gasteiger partial charge is 0.365 e. The third-order valence-corrected chi connectivity index (χ3v) is 5.01. The quantitative estimate of drug-likeness (QED) is 0.359. The van der Waals surface area contributed by atoms with Crippen molar-refractivity contribution in [3.63, 3.8) is 0 Å². The van der Waals surface area contributed by atoms with Crippen LogP contribution >= 0.6 is 23.1 Å². The van der Waals surface area contributed by atoms with Gasteiger partial charge in [-0.3, -0.25) is 14.9 Å². The number of piperidine rings is 1. The monoisotopic (exact) mass is 298 g/mol. The van der Waals surface area contributed by atoms with E-state index >= 15 is 0 Å². The third kappa shape index (κ3) is 2.82. The standard InChI is InChI=1S/C12H14N2O3S2/c1-2-18-12-11(14(16)17)10(9(8-15)19-12)13-6-4-3-5-7-13/h2,8H,1,3-7H2. The van der Waals surface area contributed by atoms with Crippen molar-refractivity contribution in [1.29, 1.82) is 0 Å². The van der Waals surface area contributed by atoms with Gasteiger partial charge < -0.3 is 4.90 Å². The first kappa shape index (κ1) is 14.1. The Morgan fingerprint density at radius 3 is 2.58 bits per heavy atom. The van der Waals surface area contributed by atoms with Gasteiger partial charge in [0, 0.05) is 13.1 Å². The maximum absolute atomic E-state index is 11.3. The van der Waals surface area contributed by atoms with Crippen LogP contribution in [0.5, 0.6) is 0 Å². The molecule has 0 bridgehead atoms. The summed E-state index contributed by atoms with van der Waals surface area (Å²) in [6, 6.07) is 0. The van der Waals surface area contributed by atoms with Crippen LogP contribution in [0.4, 0.5) is 11.4 Å². The second-order valence-corrected chi connectivity index (χ2v) is 6.45. The van der Waals surface area contributed by atoms with Crippen molar-refractivity contribution in [2.45, 2.75) is 23.5 Å². The fraction of sp³-hybridized carbons (Fsp3) is 0.417. The van der Waals surface area contributed by atoms with Crippen LogP contribution in [0.15, 0.2) is 16.2 Å². The van der Waals surface area contributed by atoms with Gasteiger partial charge in [-0.1, -0.05) is 18.3 Å². The van der Waals surface area contributed by atoms with E-state index in [1.54, 1.807) is 5.41 Å². The Morgan fingerprint density at radius 1 is 1.37 bits per heavy atom. The average molecular weight is 298 g/mol. The molecule has 0 saturated carbocycles. The fourth-order valence-electron chi connectivity index (χ4n) is 2.23. The highest BCUT2D eigenvalue weighted by molar-refractivity contribution is 8.04. The number of hydrogen-bond donors (Lipinski definition) is 0. The van der Waals surface area contributed by atoms with Crippen molar-refractivity contribution in [3.05, 3.63) is 27.0 Å². The lowest BCUT2D eigenvalue weighted by atomic mass is 10.1. The molecule has 2 rings (SSSR count). The molecule has 1 aromatic rings. The highest BCUT2D eigenvalue weighted by atomic mass is 32.2. The summed E-state index contributed by atoms with van der Waals surface area (Å²) >= 11 is 2.37.